The van der Waals surface area contributed by atoms with Crippen LogP contribution in [0.25, 0.3) is 10.8 Å². The molecule has 1 aliphatic carbocycles. The molecule has 1 N–H and O–H groups in total. The molecule has 3 rings (SSSR count). The maximum absolute atomic E-state index is 9.32. The summed E-state index contributed by atoms with van der Waals surface area (Å²) in [6, 6.07) is 16.7. The Morgan fingerprint density at radius 3 is 2.65 bits per heavy atom. The minimum Gasteiger partial charge on any atom is -0.396 e. The molecule has 0 saturated heterocycles. The van der Waals surface area contributed by atoms with Gasteiger partial charge in [-0.3, -0.25) is 0 Å². The topological polar surface area (TPSA) is 44.0 Å². The van der Waals surface area contributed by atoms with Gasteiger partial charge in [0.15, 0.2) is 0 Å². The molecule has 84 valence electrons. The van der Waals surface area contributed by atoms with Gasteiger partial charge in [0, 0.05) is 12.5 Å². The van der Waals surface area contributed by atoms with Gasteiger partial charge in [-0.15, -0.1) is 0 Å². The number of nitriles is 1. The third-order valence-corrected chi connectivity index (χ3v) is 3.79. The fourth-order valence-corrected chi connectivity index (χ4v) is 2.57. The summed E-state index contributed by atoms with van der Waals surface area (Å²) in [5, 5.41) is 20.9. The van der Waals surface area contributed by atoms with Gasteiger partial charge in [0.05, 0.1) is 11.5 Å². The lowest BCUT2D eigenvalue weighted by Gasteiger charge is -2.09. The fraction of sp³-hybridized carbons (Fsp3) is 0.267. The maximum atomic E-state index is 9.32. The number of rotatable bonds is 2. The van der Waals surface area contributed by atoms with Crippen molar-refractivity contribution < 1.29 is 5.11 Å². The molecule has 0 bridgehead atoms. The lowest BCUT2D eigenvalue weighted by molar-refractivity contribution is 0.269. The Bertz CT molecular complexity index is 614. The Hall–Kier alpha value is -1.85. The molecule has 0 radical (unpaired) electrons. The van der Waals surface area contributed by atoms with Gasteiger partial charge in [0.1, 0.15) is 0 Å². The Kier molecular flexibility index (Phi) is 2.17. The van der Waals surface area contributed by atoms with E-state index in [4.69, 9.17) is 0 Å². The average Bonchev–Trinajstić information content (AvgIpc) is 3.13. The van der Waals surface area contributed by atoms with Crippen molar-refractivity contribution in [3.8, 4) is 6.07 Å². The van der Waals surface area contributed by atoms with E-state index in [-0.39, 0.29) is 12.5 Å². The van der Waals surface area contributed by atoms with Crippen molar-refractivity contribution in [1.82, 2.24) is 0 Å². The molecule has 1 aliphatic rings. The molecule has 2 aromatic rings. The summed E-state index contributed by atoms with van der Waals surface area (Å²) < 4.78 is 0. The first kappa shape index (κ1) is 10.3. The van der Waals surface area contributed by atoms with Gasteiger partial charge in [-0.25, -0.2) is 0 Å². The number of benzene rings is 2. The molecule has 0 heterocycles. The molecule has 0 aliphatic heterocycles. The first-order valence-corrected chi connectivity index (χ1v) is 5.81. The van der Waals surface area contributed by atoms with Crippen LogP contribution in [0, 0.1) is 17.2 Å². The summed E-state index contributed by atoms with van der Waals surface area (Å²) in [5.41, 5.74) is 0.594. The van der Waals surface area contributed by atoms with Crippen LogP contribution in [-0.4, -0.2) is 11.7 Å². The Morgan fingerprint density at radius 2 is 2.00 bits per heavy atom. The maximum Gasteiger partial charge on any atom is 0.0877 e. The van der Waals surface area contributed by atoms with Crippen molar-refractivity contribution in [3.05, 3.63) is 48.0 Å². The zero-order valence-electron chi connectivity index (χ0n) is 9.43. The van der Waals surface area contributed by atoms with Crippen LogP contribution in [0.1, 0.15) is 12.0 Å². The highest BCUT2D eigenvalue weighted by atomic mass is 16.3. The molecule has 1 saturated carbocycles. The summed E-state index contributed by atoms with van der Waals surface area (Å²) in [7, 11) is 0. The van der Waals surface area contributed by atoms with Gasteiger partial charge in [0.2, 0.25) is 0 Å². The molecule has 2 aromatic carbocycles. The highest BCUT2D eigenvalue weighted by Gasteiger charge is 2.55. The molecular formula is C15H13NO. The molecule has 0 aromatic heterocycles. The van der Waals surface area contributed by atoms with E-state index in [1.165, 1.54) is 5.39 Å². The SMILES string of the molecule is N#C[C@@]1(c2ccc3ccccc3c2)C[C@@H]1CO. The molecule has 2 nitrogen and oxygen atoms in total. The second-order valence-corrected chi connectivity index (χ2v) is 4.73. The van der Waals surface area contributed by atoms with E-state index in [2.05, 4.69) is 30.3 Å². The predicted molar refractivity (Wildman–Crippen MR) is 66.4 cm³/mol. The van der Waals surface area contributed by atoms with E-state index in [1.54, 1.807) is 0 Å². The minimum absolute atomic E-state index is 0.0976. The summed E-state index contributed by atoms with van der Waals surface area (Å²) in [5.74, 6) is 0.105. The minimum atomic E-state index is -0.446. The van der Waals surface area contributed by atoms with Gasteiger partial charge in [-0.05, 0) is 28.8 Å². The lowest BCUT2D eigenvalue weighted by atomic mass is 9.93. The molecular weight excluding hydrogens is 210 g/mol. The lowest BCUT2D eigenvalue weighted by Crippen LogP contribution is -2.08. The van der Waals surface area contributed by atoms with Gasteiger partial charge in [-0.1, -0.05) is 36.4 Å². The molecule has 17 heavy (non-hydrogen) atoms. The number of hydrogen-bond acceptors (Lipinski definition) is 2. The second kappa shape index (κ2) is 3.58. The van der Waals surface area contributed by atoms with Crippen molar-refractivity contribution in [3.63, 3.8) is 0 Å². The molecule has 1 fully saturated rings. The summed E-state index contributed by atoms with van der Waals surface area (Å²) >= 11 is 0. The first-order valence-electron chi connectivity index (χ1n) is 5.81. The van der Waals surface area contributed by atoms with Crippen molar-refractivity contribution in [2.45, 2.75) is 11.8 Å². The predicted octanol–water partition coefficient (Wildman–Crippen LogP) is 2.61. The number of aliphatic hydroxyl groups is 1. The van der Waals surface area contributed by atoms with Gasteiger partial charge < -0.3 is 5.11 Å². The smallest absolute Gasteiger partial charge is 0.0877 e. The normalized spacial score (nSPS) is 26.7. The number of nitrogens with zero attached hydrogens (tertiary/aromatic N) is 1. The Labute approximate surface area is 100 Å². The van der Waals surface area contributed by atoms with E-state index in [9.17, 15) is 10.4 Å². The Balaban J connectivity index is 2.11. The first-order chi connectivity index (χ1) is 8.30. The van der Waals surface area contributed by atoms with Crippen LogP contribution >= 0.6 is 0 Å². The number of hydrogen-bond donors (Lipinski definition) is 1. The summed E-state index contributed by atoms with van der Waals surface area (Å²) in [6.07, 6.45) is 0.776. The largest absolute Gasteiger partial charge is 0.396 e. The van der Waals surface area contributed by atoms with Crippen LogP contribution in [0.15, 0.2) is 42.5 Å². The van der Waals surface area contributed by atoms with Gasteiger partial charge in [-0.2, -0.15) is 5.26 Å². The molecule has 0 spiro atoms. The van der Waals surface area contributed by atoms with Crippen molar-refractivity contribution >= 4 is 10.8 Å². The molecule has 0 amide bonds. The summed E-state index contributed by atoms with van der Waals surface area (Å²) in [4.78, 5) is 0. The average molecular weight is 223 g/mol. The van der Waals surface area contributed by atoms with Crippen LogP contribution < -0.4 is 0 Å². The fourth-order valence-electron chi connectivity index (χ4n) is 2.57. The summed E-state index contributed by atoms with van der Waals surface area (Å²) in [6.45, 7) is 0.0976. The molecule has 2 atom stereocenters. The van der Waals surface area contributed by atoms with Crippen molar-refractivity contribution in [1.29, 1.82) is 5.26 Å². The monoisotopic (exact) mass is 223 g/mol. The van der Waals surface area contributed by atoms with Gasteiger partial charge in [0.25, 0.3) is 0 Å². The Morgan fingerprint density at radius 1 is 1.24 bits per heavy atom. The third kappa shape index (κ3) is 1.44. The van der Waals surface area contributed by atoms with E-state index in [0.717, 1.165) is 17.4 Å². The van der Waals surface area contributed by atoms with E-state index >= 15 is 0 Å². The number of fused-ring (bicyclic) bond motifs is 1. The number of aliphatic hydroxyl groups excluding tert-OH is 1. The highest BCUT2D eigenvalue weighted by Crippen LogP contribution is 2.53. The van der Waals surface area contributed by atoms with E-state index in [0.29, 0.717) is 0 Å². The van der Waals surface area contributed by atoms with Crippen molar-refractivity contribution in [2.75, 3.05) is 6.61 Å². The van der Waals surface area contributed by atoms with Crippen LogP contribution in [0.5, 0.6) is 0 Å². The van der Waals surface area contributed by atoms with Crippen LogP contribution in [-0.2, 0) is 5.41 Å². The van der Waals surface area contributed by atoms with Crippen molar-refractivity contribution in [2.24, 2.45) is 5.92 Å². The quantitative estimate of drug-likeness (QED) is 0.850. The second-order valence-electron chi connectivity index (χ2n) is 4.73. The third-order valence-electron chi connectivity index (χ3n) is 3.79. The van der Waals surface area contributed by atoms with Crippen LogP contribution in [0.3, 0.4) is 0 Å². The van der Waals surface area contributed by atoms with Gasteiger partial charge >= 0.3 is 0 Å². The molecule has 0 unspecified atom stereocenters. The zero-order valence-corrected chi connectivity index (χ0v) is 9.43. The van der Waals surface area contributed by atoms with Crippen LogP contribution in [0.2, 0.25) is 0 Å². The highest BCUT2D eigenvalue weighted by molar-refractivity contribution is 5.83. The van der Waals surface area contributed by atoms with Crippen LogP contribution in [0.4, 0.5) is 0 Å². The molecule has 2 heteroatoms. The van der Waals surface area contributed by atoms with E-state index in [1.807, 2.05) is 18.2 Å². The zero-order chi connectivity index (χ0) is 11.9. The van der Waals surface area contributed by atoms with E-state index < -0.39 is 5.41 Å². The standard InChI is InChI=1S/C15H13NO/c16-10-15(8-14(15)9-17)13-6-5-11-3-1-2-4-12(11)7-13/h1-7,14,17H,8-9H2/t14-,15-/m1/s1.